The zero-order valence-electron chi connectivity index (χ0n) is 10.0. The number of anilines is 1. The van der Waals surface area contributed by atoms with Crippen LogP contribution in [-0.4, -0.2) is 40.7 Å². The van der Waals surface area contributed by atoms with E-state index in [0.717, 1.165) is 12.8 Å². The lowest BCUT2D eigenvalue weighted by Crippen LogP contribution is -2.36. The highest BCUT2D eigenvalue weighted by Gasteiger charge is 2.29. The van der Waals surface area contributed by atoms with Gasteiger partial charge in [0, 0.05) is 26.2 Å². The molecule has 17 heavy (non-hydrogen) atoms. The Labute approximate surface area is 99.2 Å². The predicted octanol–water partition coefficient (Wildman–Crippen LogP) is -0.0942. The van der Waals surface area contributed by atoms with Gasteiger partial charge in [-0.25, -0.2) is 4.68 Å². The summed E-state index contributed by atoms with van der Waals surface area (Å²) in [7, 11) is 3.49. The second-order valence-electron chi connectivity index (χ2n) is 4.23. The van der Waals surface area contributed by atoms with E-state index < -0.39 is 0 Å². The molecule has 1 aliphatic carbocycles. The molecule has 1 aromatic rings. The minimum Gasteiger partial charge on any atom is -0.387 e. The normalized spacial score (nSPS) is 14.5. The molecule has 1 aromatic heterocycles. The molecule has 0 spiro atoms. The molecule has 0 atom stereocenters. The molecule has 1 amide bonds. The zero-order valence-corrected chi connectivity index (χ0v) is 10.0. The molecular formula is C11H16N4O2. The van der Waals surface area contributed by atoms with E-state index in [1.807, 2.05) is 0 Å². The van der Waals surface area contributed by atoms with E-state index in [1.165, 1.54) is 16.9 Å². The Morgan fingerprint density at radius 3 is 2.88 bits per heavy atom. The van der Waals surface area contributed by atoms with Crippen molar-refractivity contribution < 1.29 is 4.79 Å². The van der Waals surface area contributed by atoms with Crippen molar-refractivity contribution in [3.63, 3.8) is 0 Å². The molecule has 1 saturated carbocycles. The largest absolute Gasteiger partial charge is 0.387 e. The highest BCUT2D eigenvalue weighted by atomic mass is 16.2. The van der Waals surface area contributed by atoms with E-state index in [9.17, 15) is 9.59 Å². The van der Waals surface area contributed by atoms with Gasteiger partial charge in [-0.2, -0.15) is 5.10 Å². The van der Waals surface area contributed by atoms with Crippen LogP contribution in [0, 0.1) is 0 Å². The van der Waals surface area contributed by atoms with Crippen LogP contribution in [0.1, 0.15) is 12.8 Å². The molecule has 92 valence electrons. The lowest BCUT2D eigenvalue weighted by Gasteiger charge is -2.16. The Morgan fingerprint density at radius 2 is 2.35 bits per heavy atom. The number of hydrogen-bond acceptors (Lipinski definition) is 4. The predicted molar refractivity (Wildman–Crippen MR) is 63.8 cm³/mol. The maximum absolute atomic E-state index is 11.8. The Balaban J connectivity index is 2.07. The van der Waals surface area contributed by atoms with Crippen LogP contribution in [0.15, 0.2) is 17.1 Å². The first-order chi connectivity index (χ1) is 8.11. The van der Waals surface area contributed by atoms with Crippen LogP contribution in [0.2, 0.25) is 0 Å². The van der Waals surface area contributed by atoms with Crippen molar-refractivity contribution in [2.24, 2.45) is 0 Å². The molecule has 1 fully saturated rings. The van der Waals surface area contributed by atoms with Gasteiger partial charge < -0.3 is 10.2 Å². The standard InChI is InChI=1S/C11H16N4O2/c1-12-8-5-10(16)15(13-6-8)7-11(17)14(2)9-3-4-9/h5-6,9,12H,3-4,7H2,1-2H3. The van der Waals surface area contributed by atoms with Gasteiger partial charge in [0.2, 0.25) is 5.91 Å². The van der Waals surface area contributed by atoms with E-state index in [1.54, 1.807) is 19.0 Å². The van der Waals surface area contributed by atoms with Crippen LogP contribution in [-0.2, 0) is 11.3 Å². The maximum atomic E-state index is 11.8. The topological polar surface area (TPSA) is 67.2 Å². The minimum atomic E-state index is -0.269. The summed E-state index contributed by atoms with van der Waals surface area (Å²) in [5.41, 5.74) is 0.378. The molecule has 6 heteroatoms. The third-order valence-electron chi connectivity index (χ3n) is 2.93. The van der Waals surface area contributed by atoms with E-state index >= 15 is 0 Å². The number of hydrogen-bond donors (Lipinski definition) is 1. The van der Waals surface area contributed by atoms with Gasteiger partial charge in [-0.1, -0.05) is 0 Å². The molecule has 0 saturated heterocycles. The number of carbonyl (C=O) groups is 1. The third kappa shape index (κ3) is 2.64. The summed E-state index contributed by atoms with van der Waals surface area (Å²) in [6, 6.07) is 1.78. The van der Waals surface area contributed by atoms with Crippen LogP contribution in [0.25, 0.3) is 0 Å². The second kappa shape index (κ2) is 4.57. The highest BCUT2D eigenvalue weighted by molar-refractivity contribution is 5.76. The molecular weight excluding hydrogens is 220 g/mol. The highest BCUT2D eigenvalue weighted by Crippen LogP contribution is 2.25. The zero-order chi connectivity index (χ0) is 12.4. The van der Waals surface area contributed by atoms with Gasteiger partial charge in [0.25, 0.3) is 5.56 Å². The fourth-order valence-electron chi connectivity index (χ4n) is 1.59. The van der Waals surface area contributed by atoms with E-state index in [0.29, 0.717) is 11.7 Å². The molecule has 1 aliphatic rings. The summed E-state index contributed by atoms with van der Waals surface area (Å²) in [6.07, 6.45) is 3.65. The fraction of sp³-hybridized carbons (Fsp3) is 0.545. The third-order valence-corrected chi connectivity index (χ3v) is 2.93. The molecule has 1 N–H and O–H groups in total. The average molecular weight is 236 g/mol. The van der Waals surface area contributed by atoms with Gasteiger partial charge in [-0.15, -0.1) is 0 Å². The van der Waals surface area contributed by atoms with Crippen LogP contribution in [0.3, 0.4) is 0 Å². The van der Waals surface area contributed by atoms with Crippen molar-refractivity contribution >= 4 is 11.6 Å². The first kappa shape index (κ1) is 11.6. The van der Waals surface area contributed by atoms with Crippen LogP contribution in [0.5, 0.6) is 0 Å². The number of aromatic nitrogens is 2. The van der Waals surface area contributed by atoms with E-state index in [2.05, 4.69) is 10.4 Å². The Morgan fingerprint density at radius 1 is 1.65 bits per heavy atom. The van der Waals surface area contributed by atoms with Crippen LogP contribution >= 0.6 is 0 Å². The molecule has 2 rings (SSSR count). The van der Waals surface area contributed by atoms with E-state index in [4.69, 9.17) is 0 Å². The van der Waals surface area contributed by atoms with Crippen molar-refractivity contribution in [1.82, 2.24) is 14.7 Å². The lowest BCUT2D eigenvalue weighted by molar-refractivity contribution is -0.131. The van der Waals surface area contributed by atoms with Gasteiger partial charge in [0.1, 0.15) is 6.54 Å². The molecule has 1 heterocycles. The summed E-state index contributed by atoms with van der Waals surface area (Å²) in [5.74, 6) is -0.0701. The Kier molecular flexibility index (Phi) is 3.12. The fourth-order valence-corrected chi connectivity index (χ4v) is 1.59. The van der Waals surface area contributed by atoms with Gasteiger partial charge in [-0.3, -0.25) is 9.59 Å². The van der Waals surface area contributed by atoms with Crippen molar-refractivity contribution in [1.29, 1.82) is 0 Å². The number of rotatable bonds is 4. The first-order valence-corrected chi connectivity index (χ1v) is 5.62. The van der Waals surface area contributed by atoms with Crippen LogP contribution < -0.4 is 10.9 Å². The SMILES string of the molecule is CNc1cnn(CC(=O)N(C)C2CC2)c(=O)c1. The van der Waals surface area contributed by atoms with Gasteiger partial charge in [-0.05, 0) is 12.8 Å². The first-order valence-electron chi connectivity index (χ1n) is 5.62. The Bertz CT molecular complexity index is 479. The monoisotopic (exact) mass is 236 g/mol. The molecule has 0 aromatic carbocycles. The van der Waals surface area contributed by atoms with Crippen molar-refractivity contribution in [2.75, 3.05) is 19.4 Å². The maximum Gasteiger partial charge on any atom is 0.269 e. The van der Waals surface area contributed by atoms with Crippen molar-refractivity contribution in [3.05, 3.63) is 22.6 Å². The van der Waals surface area contributed by atoms with Crippen LogP contribution in [0.4, 0.5) is 5.69 Å². The summed E-state index contributed by atoms with van der Waals surface area (Å²) in [4.78, 5) is 25.1. The molecule has 6 nitrogen and oxygen atoms in total. The number of nitrogens with zero attached hydrogens (tertiary/aromatic N) is 3. The molecule has 0 bridgehead atoms. The van der Waals surface area contributed by atoms with Crippen molar-refractivity contribution in [2.45, 2.75) is 25.4 Å². The van der Waals surface area contributed by atoms with E-state index in [-0.39, 0.29) is 18.0 Å². The quantitative estimate of drug-likeness (QED) is 0.793. The summed E-state index contributed by atoms with van der Waals surface area (Å²) in [6.45, 7) is 0.00975. The van der Waals surface area contributed by atoms with Gasteiger partial charge >= 0.3 is 0 Å². The lowest BCUT2D eigenvalue weighted by atomic mass is 10.4. The number of nitrogens with one attached hydrogen (secondary N) is 1. The summed E-state index contributed by atoms with van der Waals surface area (Å²) < 4.78 is 1.18. The number of carbonyl (C=O) groups excluding carboxylic acids is 1. The molecule has 0 unspecified atom stereocenters. The van der Waals surface area contributed by atoms with Gasteiger partial charge in [0.15, 0.2) is 0 Å². The average Bonchev–Trinajstić information content (AvgIpc) is 3.14. The molecule has 0 radical (unpaired) electrons. The number of likely N-dealkylation sites (N-methyl/N-ethyl adjacent to an activating group) is 1. The second-order valence-corrected chi connectivity index (χ2v) is 4.23. The Hall–Kier alpha value is -1.85. The smallest absolute Gasteiger partial charge is 0.269 e. The minimum absolute atomic E-state index is 0.00975. The summed E-state index contributed by atoms with van der Waals surface area (Å²) >= 11 is 0. The summed E-state index contributed by atoms with van der Waals surface area (Å²) in [5, 5.41) is 6.77. The number of amides is 1. The molecule has 0 aliphatic heterocycles. The van der Waals surface area contributed by atoms with Gasteiger partial charge in [0.05, 0.1) is 11.9 Å². The van der Waals surface area contributed by atoms with Crippen molar-refractivity contribution in [3.8, 4) is 0 Å².